The summed E-state index contributed by atoms with van der Waals surface area (Å²) in [7, 11) is -3.84. The number of benzene rings is 1. The first-order chi connectivity index (χ1) is 9.90. The SMILES string of the molecule is CSC(C)CCNS(=O)(=O)c1ccc(C#CCN)cc1F. The monoisotopic (exact) mass is 330 g/mol. The van der Waals surface area contributed by atoms with Crippen molar-refractivity contribution in [3.05, 3.63) is 29.6 Å². The molecule has 0 bridgehead atoms. The zero-order valence-corrected chi connectivity index (χ0v) is 13.7. The van der Waals surface area contributed by atoms with Crippen LogP contribution in [0.25, 0.3) is 0 Å². The molecule has 0 fully saturated rings. The average Bonchev–Trinajstić information content (AvgIpc) is 2.44. The number of hydrogen-bond donors (Lipinski definition) is 2. The van der Waals surface area contributed by atoms with E-state index in [0.717, 1.165) is 6.07 Å². The van der Waals surface area contributed by atoms with Crippen molar-refractivity contribution in [1.82, 2.24) is 4.72 Å². The van der Waals surface area contributed by atoms with Gasteiger partial charge in [0.05, 0.1) is 6.54 Å². The van der Waals surface area contributed by atoms with Crippen LogP contribution in [0.3, 0.4) is 0 Å². The summed E-state index contributed by atoms with van der Waals surface area (Å²) in [5.74, 6) is 4.43. The minimum absolute atomic E-state index is 0.164. The summed E-state index contributed by atoms with van der Waals surface area (Å²) >= 11 is 1.65. The number of sulfonamides is 1. The molecule has 21 heavy (non-hydrogen) atoms. The lowest BCUT2D eigenvalue weighted by Gasteiger charge is -2.10. The van der Waals surface area contributed by atoms with Crippen LogP contribution in [0.1, 0.15) is 18.9 Å². The fourth-order valence-electron chi connectivity index (χ4n) is 1.54. The van der Waals surface area contributed by atoms with E-state index >= 15 is 0 Å². The molecule has 4 nitrogen and oxygen atoms in total. The van der Waals surface area contributed by atoms with Gasteiger partial charge >= 0.3 is 0 Å². The summed E-state index contributed by atoms with van der Waals surface area (Å²) in [6, 6.07) is 3.78. The highest BCUT2D eigenvalue weighted by Gasteiger charge is 2.18. The molecule has 1 atom stereocenters. The molecule has 0 saturated heterocycles. The molecule has 0 aliphatic heterocycles. The van der Waals surface area contributed by atoms with Crippen LogP contribution in [-0.4, -0.2) is 33.0 Å². The number of nitrogens with one attached hydrogen (secondary N) is 1. The van der Waals surface area contributed by atoms with Gasteiger partial charge in [-0.2, -0.15) is 11.8 Å². The van der Waals surface area contributed by atoms with Gasteiger partial charge in [-0.1, -0.05) is 18.8 Å². The lowest BCUT2D eigenvalue weighted by atomic mass is 10.2. The molecule has 0 heterocycles. The van der Waals surface area contributed by atoms with Gasteiger partial charge in [0.15, 0.2) is 0 Å². The third kappa shape index (κ3) is 5.67. The smallest absolute Gasteiger partial charge is 0.243 e. The second-order valence-electron chi connectivity index (χ2n) is 4.38. The maximum atomic E-state index is 13.9. The normalized spacial score (nSPS) is 12.6. The van der Waals surface area contributed by atoms with E-state index in [1.165, 1.54) is 12.1 Å². The predicted octanol–water partition coefficient (Wildman–Crippen LogP) is 1.56. The molecule has 116 valence electrons. The van der Waals surface area contributed by atoms with Gasteiger partial charge in [0, 0.05) is 17.4 Å². The van der Waals surface area contributed by atoms with Gasteiger partial charge in [-0.25, -0.2) is 17.5 Å². The number of halogens is 1. The Hall–Kier alpha value is -1.07. The van der Waals surface area contributed by atoms with E-state index in [4.69, 9.17) is 5.73 Å². The Kier molecular flexibility index (Phi) is 7.18. The first-order valence-electron chi connectivity index (χ1n) is 6.41. The van der Waals surface area contributed by atoms with E-state index in [1.54, 1.807) is 11.8 Å². The molecular formula is C14H19FN2O2S2. The third-order valence-corrected chi connectivity index (χ3v) is 5.34. The van der Waals surface area contributed by atoms with Crippen LogP contribution in [0.15, 0.2) is 23.1 Å². The van der Waals surface area contributed by atoms with Gasteiger partial charge in [-0.3, -0.25) is 0 Å². The molecule has 0 aliphatic carbocycles. The number of nitrogens with two attached hydrogens (primary N) is 1. The second kappa shape index (κ2) is 8.39. The standard InChI is InChI=1S/C14H19FN2O2S2/c1-11(20-2)7-9-17-21(18,19)14-6-5-12(4-3-8-16)10-13(14)15/h5-6,10-11,17H,7-9,16H2,1-2H3. The van der Waals surface area contributed by atoms with Crippen molar-refractivity contribution in [3.63, 3.8) is 0 Å². The highest BCUT2D eigenvalue weighted by Crippen LogP contribution is 2.16. The highest BCUT2D eigenvalue weighted by molar-refractivity contribution is 7.99. The molecule has 1 rings (SSSR count). The summed E-state index contributed by atoms with van der Waals surface area (Å²) in [4.78, 5) is -0.363. The topological polar surface area (TPSA) is 72.2 Å². The van der Waals surface area contributed by atoms with E-state index in [-0.39, 0.29) is 18.0 Å². The Morgan fingerprint density at radius 2 is 2.19 bits per heavy atom. The molecule has 7 heteroatoms. The van der Waals surface area contributed by atoms with Gasteiger partial charge in [0.25, 0.3) is 0 Å². The van der Waals surface area contributed by atoms with Crippen molar-refractivity contribution in [2.45, 2.75) is 23.5 Å². The summed E-state index contributed by atoms with van der Waals surface area (Å²) in [6.45, 7) is 2.44. The number of thioether (sulfide) groups is 1. The van der Waals surface area contributed by atoms with Crippen molar-refractivity contribution in [1.29, 1.82) is 0 Å². The van der Waals surface area contributed by atoms with E-state index in [1.807, 2.05) is 13.2 Å². The first-order valence-corrected chi connectivity index (χ1v) is 9.18. The zero-order chi connectivity index (χ0) is 15.9. The quantitative estimate of drug-likeness (QED) is 0.777. The summed E-state index contributed by atoms with van der Waals surface area (Å²) < 4.78 is 40.4. The Morgan fingerprint density at radius 1 is 1.48 bits per heavy atom. The summed E-state index contributed by atoms with van der Waals surface area (Å²) in [5, 5.41) is 0.339. The lowest BCUT2D eigenvalue weighted by molar-refractivity contribution is 0.555. The fraction of sp³-hybridized carbons (Fsp3) is 0.429. The molecule has 0 amide bonds. The first kappa shape index (κ1) is 18.0. The van der Waals surface area contributed by atoms with E-state index < -0.39 is 15.8 Å². The fourth-order valence-corrected chi connectivity index (χ4v) is 3.00. The average molecular weight is 330 g/mol. The maximum absolute atomic E-state index is 13.9. The third-order valence-electron chi connectivity index (χ3n) is 2.80. The van der Waals surface area contributed by atoms with Crippen molar-refractivity contribution in [3.8, 4) is 11.8 Å². The second-order valence-corrected chi connectivity index (χ2v) is 7.40. The van der Waals surface area contributed by atoms with E-state index in [2.05, 4.69) is 16.6 Å². The molecule has 1 aromatic carbocycles. The van der Waals surface area contributed by atoms with Gasteiger partial charge in [0.1, 0.15) is 10.7 Å². The Balaban J connectivity index is 2.84. The predicted molar refractivity (Wildman–Crippen MR) is 85.1 cm³/mol. The van der Waals surface area contributed by atoms with Crippen molar-refractivity contribution in [2.75, 3.05) is 19.3 Å². The van der Waals surface area contributed by atoms with Crippen LogP contribution >= 0.6 is 11.8 Å². The molecule has 0 saturated carbocycles. The van der Waals surface area contributed by atoms with Crippen LogP contribution in [0.2, 0.25) is 0 Å². The number of rotatable bonds is 6. The molecule has 1 unspecified atom stereocenters. The number of hydrogen-bond acceptors (Lipinski definition) is 4. The lowest BCUT2D eigenvalue weighted by Crippen LogP contribution is -2.27. The Labute approximate surface area is 129 Å². The molecule has 3 N–H and O–H groups in total. The largest absolute Gasteiger partial charge is 0.320 e. The van der Waals surface area contributed by atoms with Gasteiger partial charge < -0.3 is 5.73 Å². The molecule has 0 aliphatic rings. The molecule has 0 aromatic heterocycles. The maximum Gasteiger partial charge on any atom is 0.243 e. The van der Waals surface area contributed by atoms with Gasteiger partial charge in [-0.15, -0.1) is 0 Å². The van der Waals surface area contributed by atoms with E-state index in [0.29, 0.717) is 17.2 Å². The minimum Gasteiger partial charge on any atom is -0.320 e. The van der Waals surface area contributed by atoms with Crippen molar-refractivity contribution < 1.29 is 12.8 Å². The van der Waals surface area contributed by atoms with Crippen LogP contribution in [0.5, 0.6) is 0 Å². The van der Waals surface area contributed by atoms with Crippen LogP contribution in [-0.2, 0) is 10.0 Å². The molecule has 0 radical (unpaired) electrons. The van der Waals surface area contributed by atoms with Crippen LogP contribution in [0, 0.1) is 17.7 Å². The summed E-state index contributed by atoms with van der Waals surface area (Å²) in [5.41, 5.74) is 5.63. The van der Waals surface area contributed by atoms with Crippen LogP contribution in [0.4, 0.5) is 4.39 Å². The van der Waals surface area contributed by atoms with Crippen LogP contribution < -0.4 is 10.5 Å². The van der Waals surface area contributed by atoms with E-state index in [9.17, 15) is 12.8 Å². The van der Waals surface area contributed by atoms with Crippen molar-refractivity contribution in [2.24, 2.45) is 5.73 Å². The molecule has 0 spiro atoms. The minimum atomic E-state index is -3.84. The van der Waals surface area contributed by atoms with Crippen molar-refractivity contribution >= 4 is 21.8 Å². The molecule has 1 aromatic rings. The van der Waals surface area contributed by atoms with Gasteiger partial charge in [0.2, 0.25) is 10.0 Å². The van der Waals surface area contributed by atoms with Gasteiger partial charge in [-0.05, 0) is 30.9 Å². The summed E-state index contributed by atoms with van der Waals surface area (Å²) in [6.07, 6.45) is 2.64. The Morgan fingerprint density at radius 3 is 2.76 bits per heavy atom. The molecular weight excluding hydrogens is 311 g/mol. The zero-order valence-electron chi connectivity index (χ0n) is 12.0. The highest BCUT2D eigenvalue weighted by atomic mass is 32.2. The Bertz CT molecular complexity index is 636.